The van der Waals surface area contributed by atoms with Crippen molar-refractivity contribution < 1.29 is 9.59 Å². The number of benzene rings is 1. The van der Waals surface area contributed by atoms with Crippen LogP contribution in [0.4, 0.5) is 4.79 Å². The van der Waals surface area contributed by atoms with Gasteiger partial charge in [-0.15, -0.1) is 0 Å². The smallest absolute Gasteiger partial charge is 0.318 e. The Morgan fingerprint density at radius 1 is 1.07 bits per heavy atom. The number of likely N-dealkylation sites (N-methyl/N-ethyl adjacent to an activating group) is 1. The van der Waals surface area contributed by atoms with Gasteiger partial charge in [-0.25, -0.2) is 9.78 Å². The van der Waals surface area contributed by atoms with Crippen molar-refractivity contribution in [2.24, 2.45) is 0 Å². The lowest BCUT2D eigenvalue weighted by Crippen LogP contribution is -2.49. The number of carbonyl (C=O) groups is 2. The average molecular weight is 543 g/mol. The highest BCUT2D eigenvalue weighted by Crippen LogP contribution is 2.33. The van der Waals surface area contributed by atoms with Crippen LogP contribution in [0.1, 0.15) is 62.4 Å². The number of aromatic nitrogens is 2. The van der Waals surface area contributed by atoms with E-state index in [9.17, 15) is 9.59 Å². The third-order valence-corrected chi connectivity index (χ3v) is 8.08. The number of aromatic amines is 1. The van der Waals surface area contributed by atoms with Crippen LogP contribution in [-0.4, -0.2) is 88.5 Å². The molecular formula is C32H42N6O2. The van der Waals surface area contributed by atoms with Gasteiger partial charge < -0.3 is 25.0 Å². The summed E-state index contributed by atoms with van der Waals surface area (Å²) < 4.78 is 0. The van der Waals surface area contributed by atoms with Gasteiger partial charge in [0.05, 0.1) is 6.04 Å². The molecular weight excluding hydrogens is 500 g/mol. The molecule has 5 rings (SSSR count). The van der Waals surface area contributed by atoms with Crippen LogP contribution in [-0.2, 0) is 0 Å². The molecule has 0 spiro atoms. The number of nitrogens with zero attached hydrogens (tertiary/aromatic N) is 4. The quantitative estimate of drug-likeness (QED) is 0.420. The van der Waals surface area contributed by atoms with E-state index in [4.69, 9.17) is 4.98 Å². The van der Waals surface area contributed by atoms with Crippen LogP contribution in [0.25, 0.3) is 27.7 Å². The van der Waals surface area contributed by atoms with Crippen molar-refractivity contribution in [1.82, 2.24) is 30.0 Å². The predicted molar refractivity (Wildman–Crippen MR) is 161 cm³/mol. The van der Waals surface area contributed by atoms with Crippen LogP contribution < -0.4 is 5.32 Å². The lowest BCUT2D eigenvalue weighted by Gasteiger charge is -2.35. The van der Waals surface area contributed by atoms with Gasteiger partial charge in [-0.05, 0) is 63.1 Å². The Morgan fingerprint density at radius 3 is 2.52 bits per heavy atom. The summed E-state index contributed by atoms with van der Waals surface area (Å²) in [6.45, 7) is 10.2. The number of nitrogens with one attached hydrogen (secondary N) is 2. The van der Waals surface area contributed by atoms with Crippen molar-refractivity contribution in [3.8, 4) is 11.1 Å². The third kappa shape index (κ3) is 6.07. The number of carbonyl (C=O) groups excluding carboxylic acids is 2. The molecule has 212 valence electrons. The zero-order valence-electron chi connectivity index (χ0n) is 24.2. The lowest BCUT2D eigenvalue weighted by molar-refractivity contribution is 0.0664. The van der Waals surface area contributed by atoms with Crippen LogP contribution in [0.5, 0.6) is 0 Å². The van der Waals surface area contributed by atoms with Crippen LogP contribution in [0.2, 0.25) is 0 Å². The van der Waals surface area contributed by atoms with E-state index in [0.29, 0.717) is 6.54 Å². The molecule has 1 atom stereocenters. The van der Waals surface area contributed by atoms with Crippen molar-refractivity contribution in [2.45, 2.75) is 58.5 Å². The van der Waals surface area contributed by atoms with E-state index >= 15 is 0 Å². The first kappa shape index (κ1) is 27.9. The van der Waals surface area contributed by atoms with Crippen molar-refractivity contribution in [3.05, 3.63) is 59.9 Å². The molecule has 40 heavy (non-hydrogen) atoms. The number of piperazine rings is 1. The van der Waals surface area contributed by atoms with E-state index in [1.807, 2.05) is 60.3 Å². The zero-order valence-corrected chi connectivity index (χ0v) is 24.2. The maximum Gasteiger partial charge on any atom is 0.318 e. The molecule has 0 radical (unpaired) electrons. The second kappa shape index (κ2) is 12.3. The molecule has 1 aromatic carbocycles. The van der Waals surface area contributed by atoms with Crippen LogP contribution >= 0.6 is 0 Å². The standard InChI is InChI=1S/C32H42N6O2/c1-5-6-7-27-18-25(12-13-38(27)32(40)35-22(2)3)29-21-34-30-28(29)19-26(20-33-30)23-8-10-24(11-9-23)31(39)37-16-14-36(4)15-17-37/h8-11,18-22,27H,5-7,12-17H2,1-4H3,(H,33,34)(H,35,40). The number of hydrogen-bond donors (Lipinski definition) is 2. The third-order valence-electron chi connectivity index (χ3n) is 8.08. The predicted octanol–water partition coefficient (Wildman–Crippen LogP) is 5.38. The number of hydrogen-bond acceptors (Lipinski definition) is 4. The molecule has 0 aliphatic carbocycles. The summed E-state index contributed by atoms with van der Waals surface area (Å²) >= 11 is 0. The van der Waals surface area contributed by atoms with E-state index in [1.165, 1.54) is 5.57 Å². The molecule has 4 heterocycles. The molecule has 2 aromatic heterocycles. The van der Waals surface area contributed by atoms with Gasteiger partial charge in [0.25, 0.3) is 5.91 Å². The molecule has 1 unspecified atom stereocenters. The number of amides is 3. The Kier molecular flexibility index (Phi) is 8.54. The topological polar surface area (TPSA) is 84.6 Å². The molecule has 1 saturated heterocycles. The van der Waals surface area contributed by atoms with E-state index in [2.05, 4.69) is 41.3 Å². The van der Waals surface area contributed by atoms with Crippen LogP contribution in [0.3, 0.4) is 0 Å². The van der Waals surface area contributed by atoms with Gasteiger partial charge in [0, 0.05) is 73.2 Å². The number of unbranched alkanes of at least 4 members (excludes halogenated alkanes) is 1. The first-order valence-electron chi connectivity index (χ1n) is 14.7. The van der Waals surface area contributed by atoms with Crippen LogP contribution in [0, 0.1) is 0 Å². The molecule has 8 nitrogen and oxygen atoms in total. The first-order valence-corrected chi connectivity index (χ1v) is 14.7. The molecule has 8 heteroatoms. The van der Waals surface area contributed by atoms with Crippen molar-refractivity contribution >= 4 is 28.5 Å². The summed E-state index contributed by atoms with van der Waals surface area (Å²) in [7, 11) is 2.09. The summed E-state index contributed by atoms with van der Waals surface area (Å²) in [4.78, 5) is 40.1. The molecule has 0 bridgehead atoms. The number of H-pyrrole nitrogens is 1. The molecule has 2 aliphatic rings. The van der Waals surface area contributed by atoms with E-state index < -0.39 is 0 Å². The fraction of sp³-hybridized carbons (Fsp3) is 0.469. The second-order valence-corrected chi connectivity index (χ2v) is 11.4. The Hall–Kier alpha value is -3.65. The van der Waals surface area contributed by atoms with E-state index in [1.54, 1.807) is 0 Å². The minimum atomic E-state index is 0.0174. The normalized spacial score (nSPS) is 18.3. The van der Waals surface area contributed by atoms with Gasteiger partial charge in [-0.1, -0.05) is 38.0 Å². The van der Waals surface area contributed by atoms with Gasteiger partial charge in [0.2, 0.25) is 0 Å². The molecule has 3 amide bonds. The SMILES string of the molecule is CCCCC1C=C(c2c[nH]c3ncc(-c4ccc(C(=O)N5CCN(C)CC5)cc4)cc23)CCN1C(=O)NC(C)C. The Bertz CT molecular complexity index is 1370. The van der Waals surface area contributed by atoms with Crippen molar-refractivity contribution in [3.63, 3.8) is 0 Å². The largest absolute Gasteiger partial charge is 0.346 e. The van der Waals surface area contributed by atoms with Gasteiger partial charge in [-0.2, -0.15) is 0 Å². The van der Waals surface area contributed by atoms with Crippen molar-refractivity contribution in [1.29, 1.82) is 0 Å². The summed E-state index contributed by atoms with van der Waals surface area (Å²) in [6, 6.07) is 10.3. The Labute approximate surface area is 237 Å². The summed E-state index contributed by atoms with van der Waals surface area (Å²) in [5, 5.41) is 4.15. The first-order chi connectivity index (χ1) is 19.3. The summed E-state index contributed by atoms with van der Waals surface area (Å²) in [5.74, 6) is 0.0964. The maximum absolute atomic E-state index is 13.0. The molecule has 0 saturated carbocycles. The monoisotopic (exact) mass is 542 g/mol. The molecule has 3 aromatic rings. The van der Waals surface area contributed by atoms with E-state index in [-0.39, 0.29) is 24.0 Å². The number of rotatable bonds is 7. The maximum atomic E-state index is 13.0. The Balaban J connectivity index is 1.38. The van der Waals surface area contributed by atoms with Crippen molar-refractivity contribution in [2.75, 3.05) is 39.8 Å². The fourth-order valence-corrected chi connectivity index (χ4v) is 5.70. The molecule has 2 aliphatic heterocycles. The highest BCUT2D eigenvalue weighted by molar-refractivity contribution is 5.96. The Morgan fingerprint density at radius 2 is 1.82 bits per heavy atom. The minimum absolute atomic E-state index is 0.0174. The van der Waals surface area contributed by atoms with Gasteiger partial charge in [0.15, 0.2) is 0 Å². The number of urea groups is 1. The van der Waals surface area contributed by atoms with Gasteiger partial charge in [0.1, 0.15) is 5.65 Å². The van der Waals surface area contributed by atoms with E-state index in [0.717, 1.165) is 85.1 Å². The summed E-state index contributed by atoms with van der Waals surface area (Å²) in [6.07, 6.45) is 10.1. The zero-order chi connectivity index (χ0) is 28.2. The lowest BCUT2D eigenvalue weighted by atomic mass is 9.93. The fourth-order valence-electron chi connectivity index (χ4n) is 5.70. The number of pyridine rings is 1. The molecule has 1 fully saturated rings. The van der Waals surface area contributed by atoms with Gasteiger partial charge in [-0.3, -0.25) is 4.79 Å². The minimum Gasteiger partial charge on any atom is -0.346 e. The second-order valence-electron chi connectivity index (χ2n) is 11.4. The van der Waals surface area contributed by atoms with Gasteiger partial charge >= 0.3 is 6.03 Å². The average Bonchev–Trinajstić information content (AvgIpc) is 3.39. The highest BCUT2D eigenvalue weighted by Gasteiger charge is 2.28. The van der Waals surface area contributed by atoms with Crippen LogP contribution in [0.15, 0.2) is 48.8 Å². The molecule has 2 N–H and O–H groups in total. The summed E-state index contributed by atoms with van der Waals surface area (Å²) in [5.41, 5.74) is 6.03. The number of fused-ring (bicyclic) bond motifs is 1. The highest BCUT2D eigenvalue weighted by atomic mass is 16.2.